The van der Waals surface area contributed by atoms with E-state index >= 15 is 0 Å². The maximum absolute atomic E-state index is 11.0. The number of amides is 1. The molecule has 0 spiro atoms. The van der Waals surface area contributed by atoms with Crippen LogP contribution in [0.5, 0.6) is 0 Å². The van der Waals surface area contributed by atoms with Crippen molar-refractivity contribution in [2.24, 2.45) is 5.73 Å². The molecule has 0 atom stereocenters. The molecule has 0 bridgehead atoms. The average molecular weight is 215 g/mol. The van der Waals surface area contributed by atoms with E-state index < -0.39 is 0 Å². The van der Waals surface area contributed by atoms with E-state index in [0.29, 0.717) is 19.7 Å². The van der Waals surface area contributed by atoms with E-state index in [0.717, 1.165) is 19.4 Å². The summed E-state index contributed by atoms with van der Waals surface area (Å²) in [5.74, 6) is -0.192. The van der Waals surface area contributed by atoms with E-state index in [4.69, 9.17) is 10.5 Å². The summed E-state index contributed by atoms with van der Waals surface area (Å²) in [6, 6.07) is 0. The molecule has 0 saturated heterocycles. The van der Waals surface area contributed by atoms with Crippen LogP contribution >= 0.6 is 0 Å². The maximum atomic E-state index is 11.0. The smallest absolute Gasteiger partial charge is 0.257 e. The normalized spacial score (nSPS) is 10.8. The molecule has 0 radical (unpaired) electrons. The van der Waals surface area contributed by atoms with Crippen molar-refractivity contribution in [2.45, 2.75) is 19.8 Å². The van der Waals surface area contributed by atoms with Crippen LogP contribution in [-0.2, 0) is 9.53 Å². The van der Waals surface area contributed by atoms with Gasteiger partial charge in [0.2, 0.25) is 0 Å². The topological polar surface area (TPSA) is 76.4 Å². The monoisotopic (exact) mass is 215 g/mol. The van der Waals surface area contributed by atoms with Gasteiger partial charge in [-0.25, -0.2) is 5.43 Å². The molecular formula is C10H21N3O2. The van der Waals surface area contributed by atoms with Gasteiger partial charge in [-0.2, -0.15) is 0 Å². The molecule has 4 N–H and O–H groups in total. The number of nitrogens with two attached hydrogens (primary N) is 1. The molecule has 0 aliphatic rings. The zero-order chi connectivity index (χ0) is 11.4. The molecule has 1 amide bonds. The lowest BCUT2D eigenvalue weighted by molar-refractivity contribution is -0.117. The summed E-state index contributed by atoms with van der Waals surface area (Å²) in [5.41, 5.74) is 10.4. The fourth-order valence-corrected chi connectivity index (χ4v) is 0.816. The minimum atomic E-state index is -0.192. The minimum absolute atomic E-state index is 0.192. The molecule has 0 aromatic rings. The van der Waals surface area contributed by atoms with Crippen molar-refractivity contribution < 1.29 is 9.53 Å². The molecule has 0 rings (SSSR count). The molecule has 0 heterocycles. The van der Waals surface area contributed by atoms with Gasteiger partial charge in [-0.05, 0) is 6.42 Å². The zero-order valence-corrected chi connectivity index (χ0v) is 9.29. The van der Waals surface area contributed by atoms with Crippen molar-refractivity contribution in [1.82, 2.24) is 10.9 Å². The van der Waals surface area contributed by atoms with Crippen LogP contribution in [0.2, 0.25) is 0 Å². The first-order chi connectivity index (χ1) is 7.31. The molecule has 5 nitrogen and oxygen atoms in total. The molecule has 0 aromatic heterocycles. The summed E-state index contributed by atoms with van der Waals surface area (Å²) in [4.78, 5) is 11.0. The Hall–Kier alpha value is -0.910. The lowest BCUT2D eigenvalue weighted by atomic mass is 10.4. The van der Waals surface area contributed by atoms with Crippen LogP contribution in [-0.4, -0.2) is 32.2 Å². The lowest BCUT2D eigenvalue weighted by Gasteiger charge is -2.02. The van der Waals surface area contributed by atoms with Crippen LogP contribution in [0.4, 0.5) is 0 Å². The van der Waals surface area contributed by atoms with E-state index in [1.54, 1.807) is 6.08 Å². The van der Waals surface area contributed by atoms with Crippen LogP contribution in [0.25, 0.3) is 0 Å². The van der Waals surface area contributed by atoms with E-state index in [1.165, 1.54) is 6.08 Å². The average Bonchev–Trinajstić information content (AvgIpc) is 2.23. The van der Waals surface area contributed by atoms with Gasteiger partial charge >= 0.3 is 0 Å². The second-order valence-corrected chi connectivity index (χ2v) is 3.04. The number of rotatable bonds is 9. The molecule has 0 aliphatic heterocycles. The van der Waals surface area contributed by atoms with Gasteiger partial charge in [0.15, 0.2) is 0 Å². The summed E-state index contributed by atoms with van der Waals surface area (Å²) in [6.45, 7) is 4.38. The number of unbranched alkanes of at least 4 members (excludes halogenated alkanes) is 1. The molecule has 0 saturated carbocycles. The fourth-order valence-electron chi connectivity index (χ4n) is 0.816. The lowest BCUT2D eigenvalue weighted by Crippen LogP contribution is -2.39. The predicted octanol–water partition coefficient (Wildman–Crippen LogP) is -0.0612. The highest BCUT2D eigenvalue weighted by atomic mass is 16.5. The van der Waals surface area contributed by atoms with Crippen molar-refractivity contribution in [3.63, 3.8) is 0 Å². The predicted molar refractivity (Wildman–Crippen MR) is 60.1 cm³/mol. The maximum Gasteiger partial charge on any atom is 0.257 e. The molecule has 0 fully saturated rings. The fraction of sp³-hybridized carbons (Fsp3) is 0.700. The van der Waals surface area contributed by atoms with Crippen LogP contribution in [0.1, 0.15) is 19.8 Å². The Kier molecular flexibility index (Phi) is 10.5. The van der Waals surface area contributed by atoms with Crippen molar-refractivity contribution in [1.29, 1.82) is 0 Å². The summed E-state index contributed by atoms with van der Waals surface area (Å²) >= 11 is 0. The first kappa shape index (κ1) is 14.1. The van der Waals surface area contributed by atoms with Gasteiger partial charge in [-0.1, -0.05) is 19.4 Å². The third-order valence-corrected chi connectivity index (χ3v) is 1.61. The number of carbonyl (C=O) groups is 1. The number of nitrogens with one attached hydrogen (secondary N) is 2. The Labute approximate surface area is 91.0 Å². The highest BCUT2D eigenvalue weighted by Crippen LogP contribution is 1.87. The van der Waals surface area contributed by atoms with E-state index in [9.17, 15) is 4.79 Å². The molecule has 0 aliphatic carbocycles. The van der Waals surface area contributed by atoms with Crippen molar-refractivity contribution >= 4 is 5.91 Å². The van der Waals surface area contributed by atoms with E-state index in [1.807, 2.05) is 0 Å². The first-order valence-corrected chi connectivity index (χ1v) is 5.28. The SMILES string of the molecule is CCCCOCC=CC(=O)NNCCN. The van der Waals surface area contributed by atoms with E-state index in [2.05, 4.69) is 17.8 Å². The summed E-state index contributed by atoms with van der Waals surface area (Å²) in [5, 5.41) is 0. The van der Waals surface area contributed by atoms with Gasteiger partial charge in [-0.15, -0.1) is 0 Å². The van der Waals surface area contributed by atoms with Crippen molar-refractivity contribution in [3.05, 3.63) is 12.2 Å². The summed E-state index contributed by atoms with van der Waals surface area (Å²) in [7, 11) is 0. The summed E-state index contributed by atoms with van der Waals surface area (Å²) in [6.07, 6.45) is 5.30. The van der Waals surface area contributed by atoms with Gasteiger partial charge < -0.3 is 10.5 Å². The number of hydrogen-bond acceptors (Lipinski definition) is 4. The molecular weight excluding hydrogens is 194 g/mol. The Morgan fingerprint density at radius 2 is 2.33 bits per heavy atom. The second kappa shape index (κ2) is 11.2. The quantitative estimate of drug-likeness (QED) is 0.286. The zero-order valence-electron chi connectivity index (χ0n) is 9.29. The van der Waals surface area contributed by atoms with Crippen LogP contribution < -0.4 is 16.6 Å². The van der Waals surface area contributed by atoms with Crippen LogP contribution in [0, 0.1) is 0 Å². The Morgan fingerprint density at radius 3 is 3.00 bits per heavy atom. The van der Waals surface area contributed by atoms with Gasteiger partial charge in [0.05, 0.1) is 6.61 Å². The molecule has 5 heteroatoms. The van der Waals surface area contributed by atoms with E-state index in [-0.39, 0.29) is 5.91 Å². The van der Waals surface area contributed by atoms with Gasteiger partial charge in [0.1, 0.15) is 0 Å². The third kappa shape index (κ3) is 11.0. The minimum Gasteiger partial charge on any atom is -0.377 e. The first-order valence-electron chi connectivity index (χ1n) is 5.28. The third-order valence-electron chi connectivity index (χ3n) is 1.61. The molecule has 15 heavy (non-hydrogen) atoms. The van der Waals surface area contributed by atoms with Gasteiger partial charge in [0.25, 0.3) is 5.91 Å². The highest BCUT2D eigenvalue weighted by Gasteiger charge is 1.91. The largest absolute Gasteiger partial charge is 0.377 e. The highest BCUT2D eigenvalue weighted by molar-refractivity contribution is 5.86. The summed E-state index contributed by atoms with van der Waals surface area (Å²) < 4.78 is 5.24. The standard InChI is InChI=1S/C10H21N3O2/c1-2-3-8-15-9-4-5-10(14)13-12-7-6-11/h4-5,12H,2-3,6-9,11H2,1H3,(H,13,14). The Balaban J connectivity index is 3.30. The number of ether oxygens (including phenoxy) is 1. The van der Waals surface area contributed by atoms with Crippen LogP contribution in [0.15, 0.2) is 12.2 Å². The number of hydrazine groups is 1. The number of hydrogen-bond donors (Lipinski definition) is 3. The Bertz CT molecular complexity index is 184. The van der Waals surface area contributed by atoms with Crippen molar-refractivity contribution in [3.8, 4) is 0 Å². The van der Waals surface area contributed by atoms with Gasteiger partial charge in [0, 0.05) is 25.8 Å². The second-order valence-electron chi connectivity index (χ2n) is 3.04. The number of carbonyl (C=O) groups excluding carboxylic acids is 1. The van der Waals surface area contributed by atoms with Gasteiger partial charge in [-0.3, -0.25) is 10.2 Å². The van der Waals surface area contributed by atoms with Crippen molar-refractivity contribution in [2.75, 3.05) is 26.3 Å². The Morgan fingerprint density at radius 1 is 1.53 bits per heavy atom. The molecule has 88 valence electrons. The molecule has 0 unspecified atom stereocenters. The van der Waals surface area contributed by atoms with Crippen LogP contribution in [0.3, 0.4) is 0 Å². The molecule has 0 aromatic carbocycles.